The summed E-state index contributed by atoms with van der Waals surface area (Å²) in [5.74, 6) is -0.0125. The Morgan fingerprint density at radius 3 is 2.60 bits per heavy atom. The Balaban J connectivity index is 2.31. The molecule has 6 nitrogen and oxygen atoms in total. The Kier molecular flexibility index (Phi) is 2.57. The highest BCUT2D eigenvalue weighted by Gasteiger charge is 2.45. The second kappa shape index (κ2) is 3.41. The minimum Gasteiger partial charge on any atom is -0.310 e. The van der Waals surface area contributed by atoms with Crippen LogP contribution in [0.25, 0.3) is 0 Å². The number of nitrogens with one attached hydrogen (secondary N) is 1. The van der Waals surface area contributed by atoms with E-state index in [4.69, 9.17) is 0 Å². The van der Waals surface area contributed by atoms with Crippen LogP contribution in [0.1, 0.15) is 0 Å². The van der Waals surface area contributed by atoms with Crippen molar-refractivity contribution in [1.82, 2.24) is 9.62 Å². The molecule has 2 saturated heterocycles. The molecule has 2 aliphatic rings. The summed E-state index contributed by atoms with van der Waals surface area (Å²) in [7, 11) is -6.39. The highest BCUT2D eigenvalue weighted by Crippen LogP contribution is 2.22. The van der Waals surface area contributed by atoms with E-state index in [1.807, 2.05) is 0 Å². The molecule has 0 aromatic rings. The van der Waals surface area contributed by atoms with E-state index in [-0.39, 0.29) is 17.5 Å². The average Bonchev–Trinajstić information content (AvgIpc) is 2.35. The molecular weight excluding hydrogens is 240 g/mol. The van der Waals surface area contributed by atoms with E-state index in [2.05, 4.69) is 5.32 Å². The number of piperazine rings is 1. The van der Waals surface area contributed by atoms with Gasteiger partial charge in [-0.15, -0.1) is 0 Å². The maximum atomic E-state index is 11.4. The highest BCUT2D eigenvalue weighted by molar-refractivity contribution is 7.92. The molecule has 8 heteroatoms. The molecule has 0 radical (unpaired) electrons. The van der Waals surface area contributed by atoms with Crippen LogP contribution in [-0.2, 0) is 19.9 Å². The topological polar surface area (TPSA) is 83.6 Å². The molecule has 2 heterocycles. The monoisotopic (exact) mass is 254 g/mol. The number of hydrogen-bond donors (Lipinski definition) is 1. The Morgan fingerprint density at radius 2 is 2.00 bits per heavy atom. The van der Waals surface area contributed by atoms with Gasteiger partial charge in [0.1, 0.15) is 0 Å². The van der Waals surface area contributed by atoms with Gasteiger partial charge in [-0.25, -0.2) is 16.8 Å². The smallest absolute Gasteiger partial charge is 0.211 e. The SMILES string of the molecule is CS(=O)(=O)N1CCN[C@@H]2CS(=O)(=O)C[C@H]21. The van der Waals surface area contributed by atoms with Crippen molar-refractivity contribution in [3.05, 3.63) is 0 Å². The zero-order chi connectivity index (χ0) is 11.3. The maximum absolute atomic E-state index is 11.4. The molecular formula is C7H14N2O4S2. The lowest BCUT2D eigenvalue weighted by molar-refractivity contribution is 0.248. The van der Waals surface area contributed by atoms with Crippen molar-refractivity contribution in [2.24, 2.45) is 0 Å². The van der Waals surface area contributed by atoms with E-state index < -0.39 is 25.9 Å². The lowest BCUT2D eigenvalue weighted by Crippen LogP contribution is -2.58. The molecule has 0 bridgehead atoms. The summed E-state index contributed by atoms with van der Waals surface area (Å²) in [6.07, 6.45) is 1.13. The fourth-order valence-corrected chi connectivity index (χ4v) is 5.43. The van der Waals surface area contributed by atoms with Crippen molar-refractivity contribution in [2.75, 3.05) is 30.9 Å². The molecule has 1 N–H and O–H groups in total. The average molecular weight is 254 g/mol. The normalized spacial score (nSPS) is 36.3. The van der Waals surface area contributed by atoms with Crippen LogP contribution in [0.15, 0.2) is 0 Å². The third kappa shape index (κ3) is 2.17. The minimum absolute atomic E-state index is 0.0453. The number of fused-ring (bicyclic) bond motifs is 1. The van der Waals surface area contributed by atoms with Crippen molar-refractivity contribution in [2.45, 2.75) is 12.1 Å². The fourth-order valence-electron chi connectivity index (χ4n) is 2.25. The van der Waals surface area contributed by atoms with Crippen LogP contribution in [0.3, 0.4) is 0 Å². The van der Waals surface area contributed by atoms with Crippen molar-refractivity contribution in [3.8, 4) is 0 Å². The standard InChI is InChI=1S/C7H14N2O4S2/c1-14(10,11)9-3-2-8-6-4-15(12,13)5-7(6)9/h6-8H,2-5H2,1H3/t6-,7-/m1/s1. The van der Waals surface area contributed by atoms with E-state index in [0.717, 1.165) is 6.26 Å². The van der Waals surface area contributed by atoms with Crippen molar-refractivity contribution in [1.29, 1.82) is 0 Å². The molecule has 15 heavy (non-hydrogen) atoms. The number of hydrogen-bond acceptors (Lipinski definition) is 5. The summed E-state index contributed by atoms with van der Waals surface area (Å²) < 4.78 is 47.0. The molecule has 0 saturated carbocycles. The van der Waals surface area contributed by atoms with E-state index in [1.165, 1.54) is 4.31 Å². The molecule has 2 atom stereocenters. The van der Waals surface area contributed by atoms with Crippen LogP contribution >= 0.6 is 0 Å². The number of rotatable bonds is 1. The van der Waals surface area contributed by atoms with Gasteiger partial charge in [0.05, 0.1) is 23.8 Å². The van der Waals surface area contributed by atoms with Crippen LogP contribution in [0.4, 0.5) is 0 Å². The predicted octanol–water partition coefficient (Wildman–Crippen LogP) is -1.98. The quantitative estimate of drug-likeness (QED) is 0.586. The largest absolute Gasteiger partial charge is 0.310 e. The van der Waals surface area contributed by atoms with Gasteiger partial charge < -0.3 is 5.32 Å². The van der Waals surface area contributed by atoms with Crippen LogP contribution in [0.2, 0.25) is 0 Å². The summed E-state index contributed by atoms with van der Waals surface area (Å²) in [4.78, 5) is 0. The molecule has 0 aromatic heterocycles. The zero-order valence-corrected chi connectivity index (χ0v) is 10.0. The molecule has 2 rings (SSSR count). The van der Waals surface area contributed by atoms with Gasteiger partial charge in [-0.1, -0.05) is 0 Å². The van der Waals surface area contributed by atoms with Gasteiger partial charge in [-0.3, -0.25) is 0 Å². The predicted molar refractivity (Wildman–Crippen MR) is 55.8 cm³/mol. The van der Waals surface area contributed by atoms with Gasteiger partial charge in [0.2, 0.25) is 10.0 Å². The third-order valence-electron chi connectivity index (χ3n) is 2.86. The Morgan fingerprint density at radius 1 is 1.33 bits per heavy atom. The molecule has 0 aromatic carbocycles. The number of sulfone groups is 1. The van der Waals surface area contributed by atoms with E-state index in [1.54, 1.807) is 0 Å². The lowest BCUT2D eigenvalue weighted by atomic mass is 10.1. The van der Waals surface area contributed by atoms with Crippen LogP contribution in [0, 0.1) is 0 Å². The molecule has 0 spiro atoms. The van der Waals surface area contributed by atoms with Crippen LogP contribution in [0.5, 0.6) is 0 Å². The van der Waals surface area contributed by atoms with Gasteiger partial charge >= 0.3 is 0 Å². The third-order valence-corrected chi connectivity index (χ3v) is 5.88. The van der Waals surface area contributed by atoms with Gasteiger partial charge in [-0.05, 0) is 0 Å². The van der Waals surface area contributed by atoms with Crippen LogP contribution < -0.4 is 5.32 Å². The molecule has 88 valence electrons. The highest BCUT2D eigenvalue weighted by atomic mass is 32.2. The first-order valence-electron chi connectivity index (χ1n) is 4.70. The van der Waals surface area contributed by atoms with Gasteiger partial charge in [-0.2, -0.15) is 4.31 Å². The first-order valence-corrected chi connectivity index (χ1v) is 8.37. The molecule has 0 aliphatic carbocycles. The second-order valence-corrected chi connectivity index (χ2v) is 8.17. The minimum atomic E-state index is -3.30. The lowest BCUT2D eigenvalue weighted by Gasteiger charge is -2.35. The second-order valence-electron chi connectivity index (χ2n) is 4.08. The molecule has 0 unspecified atom stereocenters. The molecule has 2 aliphatic heterocycles. The van der Waals surface area contributed by atoms with Gasteiger partial charge in [0.25, 0.3) is 0 Å². The summed E-state index contributed by atoms with van der Waals surface area (Å²) in [5, 5.41) is 3.05. The molecule has 0 amide bonds. The maximum Gasteiger partial charge on any atom is 0.211 e. The molecule has 2 fully saturated rings. The van der Waals surface area contributed by atoms with Crippen LogP contribution in [-0.4, -0.2) is 64.1 Å². The summed E-state index contributed by atoms with van der Waals surface area (Å²) in [6, 6.07) is -0.655. The zero-order valence-electron chi connectivity index (χ0n) is 8.38. The Bertz CT molecular complexity index is 455. The number of sulfonamides is 1. The summed E-state index contributed by atoms with van der Waals surface area (Å²) in [6.45, 7) is 0.874. The van der Waals surface area contributed by atoms with E-state index in [9.17, 15) is 16.8 Å². The van der Waals surface area contributed by atoms with Crippen molar-refractivity contribution < 1.29 is 16.8 Å². The van der Waals surface area contributed by atoms with Crippen molar-refractivity contribution >= 4 is 19.9 Å². The van der Waals surface area contributed by atoms with Gasteiger partial charge in [0.15, 0.2) is 9.84 Å². The first kappa shape index (κ1) is 11.3. The van der Waals surface area contributed by atoms with Crippen molar-refractivity contribution in [3.63, 3.8) is 0 Å². The number of nitrogens with zero attached hydrogens (tertiary/aromatic N) is 1. The Labute approximate surface area is 89.6 Å². The van der Waals surface area contributed by atoms with E-state index in [0.29, 0.717) is 13.1 Å². The first-order chi connectivity index (χ1) is 6.80. The summed E-state index contributed by atoms with van der Waals surface area (Å²) >= 11 is 0. The van der Waals surface area contributed by atoms with E-state index >= 15 is 0 Å². The Hall–Kier alpha value is -0.180. The summed E-state index contributed by atoms with van der Waals surface area (Å²) in [5.41, 5.74) is 0. The fraction of sp³-hybridized carbons (Fsp3) is 1.00. The van der Waals surface area contributed by atoms with Gasteiger partial charge in [0, 0.05) is 19.1 Å².